The summed E-state index contributed by atoms with van der Waals surface area (Å²) in [4.78, 5) is 23.0. The summed E-state index contributed by atoms with van der Waals surface area (Å²) in [5.41, 5.74) is 1.70. The largest absolute Gasteiger partial charge is 0.477 e. The van der Waals surface area contributed by atoms with Gasteiger partial charge in [0.2, 0.25) is 0 Å². The number of aryl methyl sites for hydroxylation is 1. The second-order valence-electron chi connectivity index (χ2n) is 6.15. The summed E-state index contributed by atoms with van der Waals surface area (Å²) in [5.74, 6) is -0.311. The molecule has 0 saturated heterocycles. The molecule has 0 saturated carbocycles. The molecule has 0 spiro atoms. The van der Waals surface area contributed by atoms with Crippen LogP contribution >= 0.6 is 22.9 Å². The Hall–Kier alpha value is -2.22. The van der Waals surface area contributed by atoms with Crippen molar-refractivity contribution in [3.8, 4) is 0 Å². The predicted molar refractivity (Wildman–Crippen MR) is 105 cm³/mol. The molecular formula is C18H19ClN4O2S. The highest BCUT2D eigenvalue weighted by molar-refractivity contribution is 7.20. The zero-order valence-electron chi connectivity index (χ0n) is 14.7. The molecule has 0 aliphatic carbocycles. The third-order valence-electron chi connectivity index (χ3n) is 4.27. The van der Waals surface area contributed by atoms with Gasteiger partial charge in [-0.3, -0.25) is 0 Å². The molecule has 136 valence electrons. The zero-order chi connectivity index (χ0) is 18.8. The lowest BCUT2D eigenvalue weighted by molar-refractivity contribution is 0.0701. The van der Waals surface area contributed by atoms with E-state index in [1.807, 2.05) is 38.4 Å². The standard InChI is InChI=1S/C18H19ClN4O2S/c1-10-14-16(21-9-22-17(14)26-15(10)18(24)25)20-8-13(23(2)3)11-6-4-5-7-12(11)19/h4-7,9,13H,8H2,1-3H3,(H,24,25)(H,20,21,22)/t13-/m1/s1. The number of nitrogens with one attached hydrogen (secondary N) is 1. The molecule has 3 rings (SSSR count). The molecule has 0 aliphatic rings. The number of fused-ring (bicyclic) bond motifs is 1. The third kappa shape index (κ3) is 3.51. The van der Waals surface area contributed by atoms with Gasteiger partial charge < -0.3 is 15.3 Å². The minimum atomic E-state index is -0.946. The summed E-state index contributed by atoms with van der Waals surface area (Å²) in [6.07, 6.45) is 1.45. The van der Waals surface area contributed by atoms with E-state index < -0.39 is 5.97 Å². The first kappa shape index (κ1) is 18.6. The Kier molecular flexibility index (Phi) is 5.41. The van der Waals surface area contributed by atoms with Crippen molar-refractivity contribution >= 4 is 44.9 Å². The average molecular weight is 391 g/mol. The van der Waals surface area contributed by atoms with Crippen molar-refractivity contribution in [3.63, 3.8) is 0 Å². The van der Waals surface area contributed by atoms with E-state index in [0.717, 1.165) is 22.3 Å². The van der Waals surface area contributed by atoms with E-state index in [2.05, 4.69) is 20.2 Å². The molecule has 0 unspecified atom stereocenters. The number of carboxylic acid groups (broad SMARTS) is 1. The third-order valence-corrected chi connectivity index (χ3v) is 5.80. The summed E-state index contributed by atoms with van der Waals surface area (Å²) in [5, 5.41) is 14.2. The summed E-state index contributed by atoms with van der Waals surface area (Å²) >= 11 is 7.52. The number of nitrogens with zero attached hydrogens (tertiary/aromatic N) is 3. The number of anilines is 1. The van der Waals surface area contributed by atoms with E-state index in [0.29, 0.717) is 32.7 Å². The lowest BCUT2D eigenvalue weighted by Crippen LogP contribution is -2.27. The van der Waals surface area contributed by atoms with Gasteiger partial charge >= 0.3 is 5.97 Å². The zero-order valence-corrected chi connectivity index (χ0v) is 16.2. The van der Waals surface area contributed by atoms with E-state index in [9.17, 15) is 9.90 Å². The molecule has 6 nitrogen and oxygen atoms in total. The molecule has 3 aromatic rings. The van der Waals surface area contributed by atoms with Crippen LogP contribution in [0.5, 0.6) is 0 Å². The average Bonchev–Trinajstić information content (AvgIpc) is 2.94. The molecular weight excluding hydrogens is 372 g/mol. The molecule has 1 atom stereocenters. The second kappa shape index (κ2) is 7.57. The van der Waals surface area contributed by atoms with Gasteiger partial charge in [0.05, 0.1) is 11.4 Å². The first-order valence-electron chi connectivity index (χ1n) is 8.02. The first-order chi connectivity index (χ1) is 12.4. The molecule has 8 heteroatoms. The number of aromatic carboxylic acids is 1. The van der Waals surface area contributed by atoms with Crippen molar-refractivity contribution in [2.45, 2.75) is 13.0 Å². The molecule has 1 aromatic carbocycles. The first-order valence-corrected chi connectivity index (χ1v) is 9.21. The van der Waals surface area contributed by atoms with Crippen molar-refractivity contribution in [3.05, 3.63) is 51.6 Å². The quantitative estimate of drug-likeness (QED) is 0.660. The molecule has 2 heterocycles. The smallest absolute Gasteiger partial charge is 0.346 e. The van der Waals surface area contributed by atoms with Gasteiger partial charge in [0.15, 0.2) is 0 Å². The number of rotatable bonds is 6. The number of hydrogen-bond acceptors (Lipinski definition) is 6. The molecule has 0 fully saturated rings. The minimum Gasteiger partial charge on any atom is -0.477 e. The topological polar surface area (TPSA) is 78.3 Å². The van der Waals surface area contributed by atoms with Gasteiger partial charge in [0, 0.05) is 11.6 Å². The Morgan fingerprint density at radius 2 is 2.08 bits per heavy atom. The van der Waals surface area contributed by atoms with E-state index in [1.165, 1.54) is 6.33 Å². The summed E-state index contributed by atoms with van der Waals surface area (Å²) in [7, 11) is 3.98. The van der Waals surface area contributed by atoms with Crippen molar-refractivity contribution in [2.24, 2.45) is 0 Å². The van der Waals surface area contributed by atoms with Gasteiger partial charge in [0.25, 0.3) is 0 Å². The SMILES string of the molecule is Cc1c(C(=O)O)sc2ncnc(NC[C@H](c3ccccc3Cl)N(C)C)c12. The summed E-state index contributed by atoms with van der Waals surface area (Å²) in [6.45, 7) is 2.36. The number of thiophene rings is 1. The maximum Gasteiger partial charge on any atom is 0.346 e. The van der Waals surface area contributed by atoms with Gasteiger partial charge in [-0.1, -0.05) is 29.8 Å². The number of aromatic nitrogens is 2. The Labute approximate surface area is 160 Å². The summed E-state index contributed by atoms with van der Waals surface area (Å²) < 4.78 is 0. The van der Waals surface area contributed by atoms with Crippen LogP contribution in [0.1, 0.15) is 26.8 Å². The number of halogens is 1. The van der Waals surface area contributed by atoms with Crippen LogP contribution in [0.2, 0.25) is 5.02 Å². The highest BCUT2D eigenvalue weighted by Crippen LogP contribution is 2.34. The van der Waals surface area contributed by atoms with Gasteiger partial charge in [0.1, 0.15) is 21.9 Å². The van der Waals surface area contributed by atoms with Crippen LogP contribution in [-0.4, -0.2) is 46.6 Å². The molecule has 0 radical (unpaired) electrons. The van der Waals surface area contributed by atoms with Gasteiger partial charge in [-0.05, 0) is 38.2 Å². The van der Waals surface area contributed by atoms with E-state index in [4.69, 9.17) is 11.6 Å². The fourth-order valence-electron chi connectivity index (χ4n) is 2.92. The van der Waals surface area contributed by atoms with Crippen LogP contribution in [-0.2, 0) is 0 Å². The Morgan fingerprint density at radius 3 is 2.73 bits per heavy atom. The maximum absolute atomic E-state index is 11.4. The van der Waals surface area contributed by atoms with Crippen LogP contribution in [0.25, 0.3) is 10.2 Å². The van der Waals surface area contributed by atoms with Crippen LogP contribution in [0.3, 0.4) is 0 Å². The fraction of sp³-hybridized carbons (Fsp3) is 0.278. The van der Waals surface area contributed by atoms with Crippen molar-refractivity contribution in [2.75, 3.05) is 26.0 Å². The molecule has 0 bridgehead atoms. The molecule has 0 amide bonds. The van der Waals surface area contributed by atoms with Crippen molar-refractivity contribution < 1.29 is 9.90 Å². The van der Waals surface area contributed by atoms with Crippen LogP contribution < -0.4 is 5.32 Å². The van der Waals surface area contributed by atoms with Gasteiger partial charge in [-0.15, -0.1) is 11.3 Å². The maximum atomic E-state index is 11.4. The van der Waals surface area contributed by atoms with Crippen molar-refractivity contribution in [1.29, 1.82) is 0 Å². The second-order valence-corrected chi connectivity index (χ2v) is 7.55. The van der Waals surface area contributed by atoms with Crippen LogP contribution in [0, 0.1) is 6.92 Å². The van der Waals surface area contributed by atoms with E-state index >= 15 is 0 Å². The monoisotopic (exact) mass is 390 g/mol. The normalized spacial score (nSPS) is 12.5. The molecule has 2 aromatic heterocycles. The molecule has 0 aliphatic heterocycles. The Bertz CT molecular complexity index is 958. The number of carbonyl (C=O) groups is 1. The molecule has 26 heavy (non-hydrogen) atoms. The highest BCUT2D eigenvalue weighted by Gasteiger charge is 2.21. The predicted octanol–water partition coefficient (Wildman–Crippen LogP) is 4.07. The number of hydrogen-bond donors (Lipinski definition) is 2. The Morgan fingerprint density at radius 1 is 1.35 bits per heavy atom. The lowest BCUT2D eigenvalue weighted by Gasteiger charge is -2.26. The lowest BCUT2D eigenvalue weighted by atomic mass is 10.1. The fourth-order valence-corrected chi connectivity index (χ4v) is 4.17. The number of carboxylic acids is 1. The van der Waals surface area contributed by atoms with Gasteiger partial charge in [-0.2, -0.15) is 0 Å². The number of likely N-dealkylation sites (N-methyl/N-ethyl adjacent to an activating group) is 1. The van der Waals surface area contributed by atoms with Crippen molar-refractivity contribution in [1.82, 2.24) is 14.9 Å². The molecule has 2 N–H and O–H groups in total. The van der Waals surface area contributed by atoms with E-state index in [-0.39, 0.29) is 6.04 Å². The number of benzene rings is 1. The highest BCUT2D eigenvalue weighted by atomic mass is 35.5. The minimum absolute atomic E-state index is 0.0339. The van der Waals surface area contributed by atoms with E-state index in [1.54, 1.807) is 6.92 Å². The summed E-state index contributed by atoms with van der Waals surface area (Å²) in [6, 6.07) is 7.78. The van der Waals surface area contributed by atoms with Crippen LogP contribution in [0.4, 0.5) is 5.82 Å². The van der Waals surface area contributed by atoms with Crippen LogP contribution in [0.15, 0.2) is 30.6 Å². The van der Waals surface area contributed by atoms with Gasteiger partial charge in [-0.25, -0.2) is 14.8 Å². The Balaban J connectivity index is 1.93.